The Hall–Kier alpha value is -0.0800. The van der Waals surface area contributed by atoms with Crippen LogP contribution in [0.25, 0.3) is 0 Å². The molecule has 72 valence electrons. The van der Waals surface area contributed by atoms with Crippen LogP contribution in [0.2, 0.25) is 0 Å². The molecular weight excluding hydrogens is 150 g/mol. The Balaban J connectivity index is 2.41. The van der Waals surface area contributed by atoms with Crippen molar-refractivity contribution < 1.29 is 5.11 Å². The van der Waals surface area contributed by atoms with Crippen LogP contribution in [0.15, 0.2) is 0 Å². The summed E-state index contributed by atoms with van der Waals surface area (Å²) in [6, 6.07) is 0. The van der Waals surface area contributed by atoms with Gasteiger partial charge in [-0.15, -0.1) is 0 Å². The van der Waals surface area contributed by atoms with Crippen molar-refractivity contribution in [1.82, 2.24) is 4.90 Å². The number of rotatable bonds is 2. The molecule has 0 aromatic carbocycles. The van der Waals surface area contributed by atoms with Gasteiger partial charge in [0.1, 0.15) is 0 Å². The number of nitrogens with zero attached hydrogens (tertiary/aromatic N) is 1. The van der Waals surface area contributed by atoms with Crippen LogP contribution in [-0.4, -0.2) is 35.7 Å². The minimum atomic E-state index is -0.141. The molecule has 1 saturated heterocycles. The average Bonchev–Trinajstić information content (AvgIpc) is 1.98. The molecule has 1 rings (SSSR count). The molecule has 0 amide bonds. The van der Waals surface area contributed by atoms with Crippen molar-refractivity contribution in [2.45, 2.75) is 39.7 Å². The van der Waals surface area contributed by atoms with Crippen LogP contribution in [0, 0.1) is 5.41 Å². The highest BCUT2D eigenvalue weighted by Crippen LogP contribution is 2.30. The number of aliphatic hydroxyl groups excluding tert-OH is 1. The van der Waals surface area contributed by atoms with Crippen molar-refractivity contribution in [1.29, 1.82) is 0 Å². The van der Waals surface area contributed by atoms with E-state index in [0.29, 0.717) is 0 Å². The van der Waals surface area contributed by atoms with Crippen LogP contribution in [0.5, 0.6) is 0 Å². The number of aliphatic hydroxyl groups is 1. The molecule has 0 aliphatic carbocycles. The van der Waals surface area contributed by atoms with Gasteiger partial charge in [0.15, 0.2) is 0 Å². The molecule has 12 heavy (non-hydrogen) atoms. The Morgan fingerprint density at radius 2 is 2.17 bits per heavy atom. The summed E-state index contributed by atoms with van der Waals surface area (Å²) < 4.78 is 0. The van der Waals surface area contributed by atoms with Crippen LogP contribution in [-0.2, 0) is 0 Å². The number of piperidine rings is 1. The van der Waals surface area contributed by atoms with Crippen LogP contribution >= 0.6 is 0 Å². The first-order valence-electron chi connectivity index (χ1n) is 4.96. The van der Waals surface area contributed by atoms with Crippen LogP contribution < -0.4 is 0 Å². The van der Waals surface area contributed by atoms with Crippen molar-refractivity contribution in [2.75, 3.05) is 19.6 Å². The molecular formula is C10H21NO. The molecule has 1 N–H and O–H groups in total. The lowest BCUT2D eigenvalue weighted by Gasteiger charge is -2.41. The Labute approximate surface area is 75.6 Å². The van der Waals surface area contributed by atoms with E-state index < -0.39 is 0 Å². The first kappa shape index (κ1) is 10.0. The summed E-state index contributed by atoms with van der Waals surface area (Å²) >= 11 is 0. The summed E-state index contributed by atoms with van der Waals surface area (Å²) in [5, 5.41) is 9.79. The second kappa shape index (κ2) is 3.75. The molecule has 2 heteroatoms. The molecule has 2 nitrogen and oxygen atoms in total. The maximum absolute atomic E-state index is 9.79. The molecule has 0 spiro atoms. The average molecular weight is 171 g/mol. The molecule has 1 aliphatic rings. The van der Waals surface area contributed by atoms with E-state index in [-0.39, 0.29) is 11.5 Å². The Morgan fingerprint density at radius 1 is 1.50 bits per heavy atom. The van der Waals surface area contributed by atoms with Crippen LogP contribution in [0.3, 0.4) is 0 Å². The third-order valence-electron chi connectivity index (χ3n) is 2.95. The molecule has 1 aliphatic heterocycles. The van der Waals surface area contributed by atoms with Crippen molar-refractivity contribution in [3.8, 4) is 0 Å². The summed E-state index contributed by atoms with van der Waals surface area (Å²) in [5.41, 5.74) is 0.129. The number of likely N-dealkylation sites (tertiary alicyclic amines) is 1. The lowest BCUT2D eigenvalue weighted by molar-refractivity contribution is -0.0250. The van der Waals surface area contributed by atoms with Gasteiger partial charge >= 0.3 is 0 Å². The summed E-state index contributed by atoms with van der Waals surface area (Å²) in [4.78, 5) is 2.36. The van der Waals surface area contributed by atoms with Crippen molar-refractivity contribution in [3.63, 3.8) is 0 Å². The van der Waals surface area contributed by atoms with E-state index in [9.17, 15) is 5.11 Å². The highest BCUT2D eigenvalue weighted by molar-refractivity contribution is 4.86. The largest absolute Gasteiger partial charge is 0.391 e. The smallest absolute Gasteiger partial charge is 0.0718 e. The summed E-state index contributed by atoms with van der Waals surface area (Å²) in [6.45, 7) is 9.64. The number of β-amino-alcohol motifs (C(OH)–C–C–N with tert-alkyl or cyclic N) is 1. The Bertz CT molecular complexity index is 145. The maximum atomic E-state index is 9.79. The summed E-state index contributed by atoms with van der Waals surface area (Å²) in [5.74, 6) is 0. The molecule has 1 fully saturated rings. The quantitative estimate of drug-likeness (QED) is 0.680. The van der Waals surface area contributed by atoms with Gasteiger partial charge in [0.05, 0.1) is 6.10 Å². The van der Waals surface area contributed by atoms with E-state index in [0.717, 1.165) is 26.1 Å². The molecule has 0 bridgehead atoms. The van der Waals surface area contributed by atoms with E-state index in [1.54, 1.807) is 0 Å². The van der Waals surface area contributed by atoms with E-state index in [4.69, 9.17) is 0 Å². The number of hydrogen-bond donors (Lipinski definition) is 1. The number of hydrogen-bond acceptors (Lipinski definition) is 2. The molecule has 0 saturated carbocycles. The third-order valence-corrected chi connectivity index (χ3v) is 2.95. The molecule has 1 atom stereocenters. The van der Waals surface area contributed by atoms with Gasteiger partial charge < -0.3 is 10.0 Å². The van der Waals surface area contributed by atoms with Crippen LogP contribution in [0.1, 0.15) is 33.6 Å². The highest BCUT2D eigenvalue weighted by atomic mass is 16.3. The topological polar surface area (TPSA) is 23.5 Å². The van der Waals surface area contributed by atoms with E-state index in [2.05, 4.69) is 25.7 Å². The molecule has 0 radical (unpaired) electrons. The highest BCUT2D eigenvalue weighted by Gasteiger charge is 2.33. The van der Waals surface area contributed by atoms with Crippen LogP contribution in [0.4, 0.5) is 0 Å². The first-order chi connectivity index (χ1) is 5.56. The standard InChI is InChI=1S/C10H21NO/c1-4-6-11-7-5-10(2,3)9(12)8-11/h9,12H,4-8H2,1-3H3. The van der Waals surface area contributed by atoms with Gasteiger partial charge in [-0.3, -0.25) is 0 Å². The third kappa shape index (κ3) is 2.20. The minimum absolute atomic E-state index is 0.129. The van der Waals surface area contributed by atoms with Gasteiger partial charge in [-0.25, -0.2) is 0 Å². The van der Waals surface area contributed by atoms with Gasteiger partial charge in [0.25, 0.3) is 0 Å². The molecule has 0 aromatic heterocycles. The SMILES string of the molecule is CCCN1CCC(C)(C)C(O)C1. The first-order valence-corrected chi connectivity index (χ1v) is 4.96. The van der Waals surface area contributed by atoms with Gasteiger partial charge in [-0.2, -0.15) is 0 Å². The fourth-order valence-corrected chi connectivity index (χ4v) is 1.72. The molecule has 1 heterocycles. The predicted octanol–water partition coefficient (Wildman–Crippen LogP) is 1.49. The van der Waals surface area contributed by atoms with Gasteiger partial charge in [0.2, 0.25) is 0 Å². The van der Waals surface area contributed by atoms with Crippen molar-refractivity contribution in [2.24, 2.45) is 5.41 Å². The second-order valence-electron chi connectivity index (χ2n) is 4.55. The Kier molecular flexibility index (Phi) is 3.13. The van der Waals surface area contributed by atoms with Gasteiger partial charge in [0, 0.05) is 6.54 Å². The second-order valence-corrected chi connectivity index (χ2v) is 4.55. The monoisotopic (exact) mass is 171 g/mol. The van der Waals surface area contributed by atoms with Gasteiger partial charge in [-0.05, 0) is 31.3 Å². The zero-order valence-corrected chi connectivity index (χ0v) is 8.51. The minimum Gasteiger partial charge on any atom is -0.391 e. The summed E-state index contributed by atoms with van der Waals surface area (Å²) in [7, 11) is 0. The zero-order chi connectivity index (χ0) is 9.19. The van der Waals surface area contributed by atoms with Crippen molar-refractivity contribution in [3.05, 3.63) is 0 Å². The van der Waals surface area contributed by atoms with E-state index in [1.165, 1.54) is 6.42 Å². The summed E-state index contributed by atoms with van der Waals surface area (Å²) in [6.07, 6.45) is 2.17. The lowest BCUT2D eigenvalue weighted by Crippen LogP contribution is -2.48. The Morgan fingerprint density at radius 3 is 2.67 bits per heavy atom. The lowest BCUT2D eigenvalue weighted by atomic mass is 9.80. The normalized spacial score (nSPS) is 30.5. The zero-order valence-electron chi connectivity index (χ0n) is 8.51. The van der Waals surface area contributed by atoms with Gasteiger partial charge in [-0.1, -0.05) is 20.8 Å². The molecule has 0 aromatic rings. The maximum Gasteiger partial charge on any atom is 0.0718 e. The van der Waals surface area contributed by atoms with E-state index in [1.807, 2.05) is 0 Å². The predicted molar refractivity (Wildman–Crippen MR) is 51.1 cm³/mol. The fraction of sp³-hybridized carbons (Fsp3) is 1.00. The fourth-order valence-electron chi connectivity index (χ4n) is 1.72. The van der Waals surface area contributed by atoms with Crippen molar-refractivity contribution >= 4 is 0 Å². The molecule has 1 unspecified atom stereocenters. The van der Waals surface area contributed by atoms with E-state index >= 15 is 0 Å².